The minimum Gasteiger partial charge on any atom is -0.393 e. The summed E-state index contributed by atoms with van der Waals surface area (Å²) in [6.07, 6.45) is 16.7. The standard InChI is InChI=1S/C28H42O3/c1-18(2)19(3)7-8-20(4)22-9-10-23-25(22,5)13-12-24-26(6)14-11-21(29)17-27(26)15-16-28(23,24)31-30-27/h7-8,15-16,19-24,29H,1,9-14,17H2,2-6H3/t19-,20+,21-,22+,23+,24+,25+,26+,27+,28-/m0/s1. The third-order valence-corrected chi connectivity index (χ3v) is 10.8. The van der Waals surface area contributed by atoms with Crippen molar-refractivity contribution >= 4 is 0 Å². The molecular formula is C28H42O3. The summed E-state index contributed by atoms with van der Waals surface area (Å²) in [5, 5.41) is 10.4. The van der Waals surface area contributed by atoms with Crippen molar-refractivity contribution < 1.29 is 14.9 Å². The Hall–Kier alpha value is -0.900. The molecule has 31 heavy (non-hydrogen) atoms. The fraction of sp³-hybridized carbons (Fsp3) is 0.786. The summed E-state index contributed by atoms with van der Waals surface area (Å²) in [5.74, 6) is 2.65. The third-order valence-electron chi connectivity index (χ3n) is 10.8. The first kappa shape index (κ1) is 21.9. The van der Waals surface area contributed by atoms with E-state index < -0.39 is 5.60 Å². The fourth-order valence-corrected chi connectivity index (χ4v) is 8.64. The summed E-state index contributed by atoms with van der Waals surface area (Å²) in [6, 6.07) is 0. The van der Waals surface area contributed by atoms with Gasteiger partial charge < -0.3 is 5.11 Å². The SMILES string of the molecule is C=C(C)[C@@H](C)C=C[C@@H](C)[C@H]1CC[C@@H]2[C@]1(C)CC[C@H]1[C@]23C=C[C@]2(C[C@@H](O)CC[C@]12C)OO3. The quantitative estimate of drug-likeness (QED) is 0.418. The lowest BCUT2D eigenvalue weighted by molar-refractivity contribution is -0.497. The number of fused-ring (bicyclic) bond motifs is 2. The highest BCUT2D eigenvalue weighted by Crippen LogP contribution is 2.72. The van der Waals surface area contributed by atoms with Gasteiger partial charge in [-0.15, -0.1) is 0 Å². The highest BCUT2D eigenvalue weighted by molar-refractivity contribution is 5.33. The summed E-state index contributed by atoms with van der Waals surface area (Å²) in [4.78, 5) is 12.7. The number of aliphatic hydroxyl groups excluding tert-OH is 1. The third kappa shape index (κ3) is 2.82. The van der Waals surface area contributed by atoms with E-state index in [0.717, 1.165) is 12.8 Å². The van der Waals surface area contributed by atoms with Gasteiger partial charge in [0.2, 0.25) is 0 Å². The molecule has 6 aliphatic rings. The number of allylic oxidation sites excluding steroid dienone is 3. The highest BCUT2D eigenvalue weighted by Gasteiger charge is 2.74. The van der Waals surface area contributed by atoms with Crippen molar-refractivity contribution in [1.29, 1.82) is 0 Å². The molecule has 0 aromatic carbocycles. The van der Waals surface area contributed by atoms with Crippen molar-refractivity contribution in [3.05, 3.63) is 36.5 Å². The highest BCUT2D eigenvalue weighted by atomic mass is 17.2. The molecule has 1 saturated heterocycles. The van der Waals surface area contributed by atoms with Crippen LogP contribution in [0.2, 0.25) is 0 Å². The summed E-state index contributed by atoms with van der Waals surface area (Å²) in [6.45, 7) is 15.8. The van der Waals surface area contributed by atoms with E-state index >= 15 is 0 Å². The van der Waals surface area contributed by atoms with Gasteiger partial charge >= 0.3 is 0 Å². The Morgan fingerprint density at radius 1 is 1.03 bits per heavy atom. The van der Waals surface area contributed by atoms with Crippen LogP contribution in [0.3, 0.4) is 0 Å². The minimum absolute atomic E-state index is 0.0566. The molecule has 4 aliphatic carbocycles. The van der Waals surface area contributed by atoms with Crippen LogP contribution in [0.4, 0.5) is 0 Å². The first-order chi connectivity index (χ1) is 14.6. The summed E-state index contributed by atoms with van der Waals surface area (Å²) in [7, 11) is 0. The zero-order chi connectivity index (χ0) is 22.2. The predicted octanol–water partition coefficient (Wildman–Crippen LogP) is 6.39. The van der Waals surface area contributed by atoms with Crippen LogP contribution in [0, 0.1) is 40.4 Å². The first-order valence-corrected chi connectivity index (χ1v) is 12.7. The van der Waals surface area contributed by atoms with E-state index in [-0.39, 0.29) is 22.5 Å². The van der Waals surface area contributed by atoms with Gasteiger partial charge in [0.1, 0.15) is 11.2 Å². The first-order valence-electron chi connectivity index (χ1n) is 12.7. The van der Waals surface area contributed by atoms with Crippen molar-refractivity contribution in [2.75, 3.05) is 0 Å². The molecule has 0 unspecified atom stereocenters. The van der Waals surface area contributed by atoms with E-state index in [1.807, 2.05) is 0 Å². The van der Waals surface area contributed by atoms with Crippen LogP contribution >= 0.6 is 0 Å². The Kier molecular flexibility index (Phi) is 4.98. The molecule has 0 amide bonds. The number of hydrogen-bond donors (Lipinski definition) is 1. The summed E-state index contributed by atoms with van der Waals surface area (Å²) >= 11 is 0. The van der Waals surface area contributed by atoms with Crippen LogP contribution in [-0.4, -0.2) is 22.4 Å². The van der Waals surface area contributed by atoms with Gasteiger partial charge in [0.25, 0.3) is 0 Å². The molecule has 172 valence electrons. The Labute approximate surface area is 188 Å². The van der Waals surface area contributed by atoms with Gasteiger partial charge in [-0.3, -0.25) is 0 Å². The maximum absolute atomic E-state index is 10.4. The van der Waals surface area contributed by atoms with Gasteiger partial charge in [0.05, 0.1) is 6.10 Å². The molecule has 10 atom stereocenters. The molecule has 0 radical (unpaired) electrons. The fourth-order valence-electron chi connectivity index (χ4n) is 8.64. The van der Waals surface area contributed by atoms with E-state index in [4.69, 9.17) is 9.78 Å². The molecule has 2 aliphatic heterocycles. The second-order valence-electron chi connectivity index (χ2n) is 12.3. The smallest absolute Gasteiger partial charge is 0.130 e. The van der Waals surface area contributed by atoms with Crippen LogP contribution in [0.1, 0.15) is 79.6 Å². The Morgan fingerprint density at radius 3 is 2.48 bits per heavy atom. The second kappa shape index (κ2) is 7.05. The lowest BCUT2D eigenvalue weighted by atomic mass is 9.43. The molecule has 2 spiro atoms. The van der Waals surface area contributed by atoms with Crippen LogP contribution in [-0.2, 0) is 9.78 Å². The number of hydrogen-bond acceptors (Lipinski definition) is 3. The minimum atomic E-state index is -0.447. The van der Waals surface area contributed by atoms with Gasteiger partial charge in [-0.1, -0.05) is 58.1 Å². The van der Waals surface area contributed by atoms with Crippen molar-refractivity contribution in [2.45, 2.75) is 96.9 Å². The molecule has 3 nitrogen and oxygen atoms in total. The van der Waals surface area contributed by atoms with Crippen LogP contribution in [0.25, 0.3) is 0 Å². The summed E-state index contributed by atoms with van der Waals surface area (Å²) < 4.78 is 0. The maximum atomic E-state index is 10.4. The van der Waals surface area contributed by atoms with Gasteiger partial charge in [-0.05, 0) is 74.7 Å². The van der Waals surface area contributed by atoms with E-state index in [9.17, 15) is 5.11 Å². The zero-order valence-corrected chi connectivity index (χ0v) is 20.2. The van der Waals surface area contributed by atoms with Crippen molar-refractivity contribution in [3.8, 4) is 0 Å². The van der Waals surface area contributed by atoms with E-state index in [2.05, 4.69) is 65.5 Å². The topological polar surface area (TPSA) is 38.7 Å². The van der Waals surface area contributed by atoms with Crippen molar-refractivity contribution in [1.82, 2.24) is 0 Å². The normalized spacial score (nSPS) is 52.5. The number of aliphatic hydroxyl groups is 1. The van der Waals surface area contributed by atoms with Gasteiger partial charge in [0.15, 0.2) is 0 Å². The maximum Gasteiger partial charge on any atom is 0.130 e. The average Bonchev–Trinajstić information content (AvgIpc) is 3.09. The zero-order valence-electron chi connectivity index (χ0n) is 20.2. The van der Waals surface area contributed by atoms with Crippen LogP contribution in [0.5, 0.6) is 0 Å². The molecule has 2 bridgehead atoms. The molecular weight excluding hydrogens is 384 g/mol. The molecule has 3 saturated carbocycles. The van der Waals surface area contributed by atoms with Crippen LogP contribution < -0.4 is 0 Å². The molecule has 4 fully saturated rings. The molecule has 2 heterocycles. The van der Waals surface area contributed by atoms with Crippen molar-refractivity contribution in [2.24, 2.45) is 40.4 Å². The largest absolute Gasteiger partial charge is 0.393 e. The molecule has 3 heteroatoms. The van der Waals surface area contributed by atoms with Gasteiger partial charge in [0, 0.05) is 23.7 Å². The number of rotatable bonds is 4. The average molecular weight is 427 g/mol. The molecule has 0 aromatic rings. The molecule has 0 aromatic heterocycles. The van der Waals surface area contributed by atoms with E-state index in [0.29, 0.717) is 36.0 Å². The van der Waals surface area contributed by atoms with E-state index in [1.54, 1.807) is 0 Å². The van der Waals surface area contributed by atoms with Crippen LogP contribution in [0.15, 0.2) is 36.5 Å². The van der Waals surface area contributed by atoms with Crippen molar-refractivity contribution in [3.63, 3.8) is 0 Å². The lowest BCUT2D eigenvalue weighted by Gasteiger charge is -2.69. The second-order valence-corrected chi connectivity index (χ2v) is 12.3. The molecule has 1 N–H and O–H groups in total. The van der Waals surface area contributed by atoms with Gasteiger partial charge in [-0.2, -0.15) is 0 Å². The summed E-state index contributed by atoms with van der Waals surface area (Å²) in [5.41, 5.74) is 0.809. The monoisotopic (exact) mass is 426 g/mol. The lowest BCUT2D eigenvalue weighted by Crippen LogP contribution is -2.73. The Morgan fingerprint density at radius 2 is 1.81 bits per heavy atom. The van der Waals surface area contributed by atoms with Gasteiger partial charge in [-0.25, -0.2) is 9.78 Å². The Balaban J connectivity index is 1.46. The Bertz CT molecular complexity index is 815. The predicted molar refractivity (Wildman–Crippen MR) is 124 cm³/mol. The molecule has 6 rings (SSSR count). The van der Waals surface area contributed by atoms with E-state index in [1.165, 1.54) is 31.3 Å².